The van der Waals surface area contributed by atoms with Gasteiger partial charge in [0.15, 0.2) is 0 Å². The van der Waals surface area contributed by atoms with E-state index in [9.17, 15) is 61.1 Å². The van der Waals surface area contributed by atoms with Gasteiger partial charge in [0, 0.05) is 66.2 Å². The molecule has 22 nitrogen and oxygen atoms in total. The molecule has 6 aliphatic rings. The van der Waals surface area contributed by atoms with Crippen molar-refractivity contribution >= 4 is 76.6 Å². The molecule has 26 heteroatoms. The summed E-state index contributed by atoms with van der Waals surface area (Å²) in [6, 6.07) is -8.55. The van der Waals surface area contributed by atoms with E-state index < -0.39 is 161 Å². The van der Waals surface area contributed by atoms with E-state index in [2.05, 4.69) is 21.3 Å². The van der Waals surface area contributed by atoms with Crippen molar-refractivity contribution < 1.29 is 65.9 Å². The Morgan fingerprint density at radius 1 is 0.607 bits per heavy atom. The quantitative estimate of drug-likeness (QED) is 0.242. The Hall–Kier alpha value is -5.75. The summed E-state index contributed by atoms with van der Waals surface area (Å²) in [5.74, 6) is -9.26. The Bertz CT molecular complexity index is 2570. The summed E-state index contributed by atoms with van der Waals surface area (Å²) in [5, 5.41) is 10.3. The zero-order valence-electron chi connectivity index (χ0n) is 54.4. The first-order valence-electron chi connectivity index (χ1n) is 32.6. The third kappa shape index (κ3) is 17.9. The van der Waals surface area contributed by atoms with Gasteiger partial charge in [0.05, 0.1) is 19.0 Å². The third-order valence-corrected chi connectivity index (χ3v) is 20.7. The summed E-state index contributed by atoms with van der Waals surface area (Å²) in [5.41, 5.74) is -1.47. The molecule has 0 radical (unpaired) electrons. The molecule has 12 atom stereocenters. The molecule has 0 aromatic carbocycles. The number of alkyl halides is 4. The number of carbonyl (C=O) groups is 11. The Kier molecular flexibility index (Phi) is 25.6. The van der Waals surface area contributed by atoms with Crippen LogP contribution in [0.1, 0.15) is 176 Å². The van der Waals surface area contributed by atoms with Gasteiger partial charge in [-0.15, -0.1) is 11.6 Å². The second kappa shape index (κ2) is 31.5. The molecule has 4 N–H and O–H groups in total. The molecule has 3 unspecified atom stereocenters. The summed E-state index contributed by atoms with van der Waals surface area (Å²) in [7, 11) is 7.27. The highest BCUT2D eigenvalue weighted by Gasteiger charge is 2.51. The highest BCUT2D eigenvalue weighted by Crippen LogP contribution is 2.44. The van der Waals surface area contributed by atoms with E-state index in [-0.39, 0.29) is 95.6 Å². The largest absolute Gasteiger partial charge is 0.393 e. The van der Waals surface area contributed by atoms with Crippen LogP contribution in [-0.4, -0.2) is 226 Å². The minimum absolute atomic E-state index is 0.0178. The molecule has 1 spiro atoms. The second-order valence-electron chi connectivity index (χ2n) is 27.1. The minimum atomic E-state index is -4.49. The van der Waals surface area contributed by atoms with Crippen molar-refractivity contribution in [3.63, 3.8) is 0 Å². The number of nitrogens with zero attached hydrogens (tertiary/aromatic N) is 7. The molecule has 11 amide bonds. The maximum absolute atomic E-state index is 15.1. The van der Waals surface area contributed by atoms with Crippen molar-refractivity contribution in [3.05, 3.63) is 0 Å². The molecule has 6 rings (SSSR count). The highest BCUT2D eigenvalue weighted by atomic mass is 35.5. The number of halogens is 4. The number of hydrogen-bond donors (Lipinski definition) is 4. The van der Waals surface area contributed by atoms with Crippen LogP contribution in [-0.2, 0) is 52.7 Å². The molecule has 6 fully saturated rings. The van der Waals surface area contributed by atoms with Crippen molar-refractivity contribution in [2.45, 2.75) is 242 Å². The first-order valence-corrected chi connectivity index (χ1v) is 33.1. The van der Waals surface area contributed by atoms with E-state index in [1.54, 1.807) is 27.7 Å². The Balaban J connectivity index is 1.34. The lowest BCUT2D eigenvalue weighted by molar-refractivity contribution is -0.182. The van der Waals surface area contributed by atoms with Gasteiger partial charge in [0.1, 0.15) is 47.8 Å². The molecule has 0 bridgehead atoms. The standard InChI is InChI=1S/C63H101ClF3N11O11/c1-12-38(4)52-60(88)73(8)36-51(81)77-30-19-23-47(77)59(87)75(10)48(34-41-20-14-13-15-21-41)58(86)72(7)35-49(79)69-45(27-25-42-24-26-43(44(64)33-42)63(65,66)67)57(85)78-31-18-22-46(78)55(83)71-62(28-16-17-29-62)61(89)76(11)53(37(2)3)56(84)68-39(5)32-50(80)74(9)40(6)54(82)70-52/h37-48,52-53H,12-36H2,1-11H3,(H,68,84)(H,69,79)(H,70,82)(H,71,83)/t38-,39+,40-,42?,43?,44?,45-,46-,47-,48-,52-,53-/m0/s1. The molecule has 502 valence electrons. The molecule has 3 heterocycles. The lowest BCUT2D eigenvalue weighted by Gasteiger charge is -2.39. The SMILES string of the molecule is CC[C@H](C)[C@@H]1NC(=O)[C@H](C)N(C)C(=O)C[C@@H](C)NC(=O)[C@H](C(C)C)N(C)C(=O)C2(CCCC2)NC(=O)[C@@H]2CCCN2C(=O)[C@H](CCC2CCC(C(F)(F)F)C(Cl)C2)NC(=O)CN(C)C(=O)[C@H](CC2CCCCC2)N(C)C(=O)[C@@H]2CCCN2C(=O)CN(C)C1=O. The monoisotopic (exact) mass is 1280 g/mol. The van der Waals surface area contributed by atoms with Gasteiger partial charge in [0.25, 0.3) is 0 Å². The fraction of sp³-hybridized carbons (Fsp3) is 0.825. The van der Waals surface area contributed by atoms with Gasteiger partial charge in [-0.1, -0.05) is 79.1 Å². The first kappa shape index (κ1) is 72.3. The number of nitrogens with one attached hydrogen (secondary N) is 4. The lowest BCUT2D eigenvalue weighted by atomic mass is 9.78. The van der Waals surface area contributed by atoms with E-state index >= 15 is 4.79 Å². The van der Waals surface area contributed by atoms with Crippen LogP contribution in [0.25, 0.3) is 0 Å². The van der Waals surface area contributed by atoms with Crippen LogP contribution in [0.3, 0.4) is 0 Å². The van der Waals surface area contributed by atoms with E-state index in [0.29, 0.717) is 32.1 Å². The summed E-state index contributed by atoms with van der Waals surface area (Å²) < 4.78 is 41.7. The molecule has 3 aliphatic heterocycles. The Morgan fingerprint density at radius 3 is 1.83 bits per heavy atom. The summed E-state index contributed by atoms with van der Waals surface area (Å²) in [6.45, 7) is 9.54. The van der Waals surface area contributed by atoms with Gasteiger partial charge >= 0.3 is 6.18 Å². The Labute approximate surface area is 528 Å². The van der Waals surface area contributed by atoms with E-state index in [0.717, 1.165) is 32.1 Å². The van der Waals surface area contributed by atoms with Crippen molar-refractivity contribution in [2.75, 3.05) is 61.4 Å². The number of carbonyl (C=O) groups excluding carboxylic acids is 11. The van der Waals surface area contributed by atoms with Crippen molar-refractivity contribution in [1.29, 1.82) is 0 Å². The van der Waals surface area contributed by atoms with E-state index in [1.807, 2.05) is 6.92 Å². The van der Waals surface area contributed by atoms with Crippen molar-refractivity contribution in [1.82, 2.24) is 55.6 Å². The summed E-state index contributed by atoms with van der Waals surface area (Å²) >= 11 is 6.36. The van der Waals surface area contributed by atoms with Crippen molar-refractivity contribution in [3.8, 4) is 0 Å². The number of rotatable bonds is 8. The van der Waals surface area contributed by atoms with Crippen molar-refractivity contribution in [2.24, 2.45) is 29.6 Å². The first-order chi connectivity index (χ1) is 41.8. The smallest absolute Gasteiger partial charge is 0.351 e. The van der Waals surface area contributed by atoms with Crippen LogP contribution in [0.15, 0.2) is 0 Å². The topological polar surface area (TPSA) is 259 Å². The zero-order chi connectivity index (χ0) is 66.0. The van der Waals surface area contributed by atoms with Crippen LogP contribution in [0.5, 0.6) is 0 Å². The zero-order valence-corrected chi connectivity index (χ0v) is 55.1. The number of hydrogen-bond acceptors (Lipinski definition) is 11. The van der Waals surface area contributed by atoms with Gasteiger partial charge in [-0.3, -0.25) is 52.7 Å². The minimum Gasteiger partial charge on any atom is -0.351 e. The predicted molar refractivity (Wildman–Crippen MR) is 327 cm³/mol. The maximum Gasteiger partial charge on any atom is 0.393 e. The number of fused-ring (bicyclic) bond motifs is 2. The molecular formula is C63H101ClF3N11O11. The lowest BCUT2D eigenvalue weighted by Crippen LogP contribution is -2.64. The summed E-state index contributed by atoms with van der Waals surface area (Å²) in [4.78, 5) is 169. The average Bonchev–Trinajstić information content (AvgIpc) is 1.95. The van der Waals surface area contributed by atoms with Gasteiger partial charge in [-0.2, -0.15) is 13.2 Å². The average molecular weight is 1280 g/mol. The van der Waals surface area contributed by atoms with Gasteiger partial charge in [0.2, 0.25) is 65.0 Å². The van der Waals surface area contributed by atoms with Gasteiger partial charge in [-0.25, -0.2) is 0 Å². The normalized spacial score (nSPS) is 31.4. The predicted octanol–water partition coefficient (Wildman–Crippen LogP) is 4.73. The Morgan fingerprint density at radius 2 is 1.22 bits per heavy atom. The highest BCUT2D eigenvalue weighted by molar-refractivity contribution is 6.20. The molecule has 3 saturated carbocycles. The van der Waals surface area contributed by atoms with E-state index in [4.69, 9.17) is 11.6 Å². The van der Waals surface area contributed by atoms with Gasteiger partial charge in [-0.05, 0) is 115 Å². The molecule has 3 saturated heterocycles. The number of likely N-dealkylation sites (N-methyl/N-ethyl adjacent to an activating group) is 5. The number of amides is 11. The van der Waals surface area contributed by atoms with Gasteiger partial charge < -0.3 is 55.6 Å². The van der Waals surface area contributed by atoms with E-state index in [1.165, 1.54) is 76.5 Å². The van der Waals surface area contributed by atoms with Crippen LogP contribution in [0, 0.1) is 29.6 Å². The molecule has 0 aromatic rings. The third-order valence-electron chi connectivity index (χ3n) is 20.2. The second-order valence-corrected chi connectivity index (χ2v) is 27.7. The van der Waals surface area contributed by atoms with Crippen LogP contribution in [0.4, 0.5) is 13.2 Å². The maximum atomic E-state index is 15.1. The fourth-order valence-electron chi connectivity index (χ4n) is 14.5. The molecule has 89 heavy (non-hydrogen) atoms. The van der Waals surface area contributed by atoms with Crippen LogP contribution in [0.2, 0.25) is 0 Å². The van der Waals surface area contributed by atoms with Crippen LogP contribution >= 0.6 is 11.6 Å². The summed E-state index contributed by atoms with van der Waals surface area (Å²) in [6.07, 6.45) is 3.51. The van der Waals surface area contributed by atoms with Crippen LogP contribution < -0.4 is 21.3 Å². The molecule has 0 aromatic heterocycles. The molecular weight excluding hydrogens is 1180 g/mol. The molecule has 3 aliphatic carbocycles. The fourth-order valence-corrected chi connectivity index (χ4v) is 15.0.